The molecule has 5 heteroatoms. The van der Waals surface area contributed by atoms with E-state index in [1.54, 1.807) is 0 Å². The summed E-state index contributed by atoms with van der Waals surface area (Å²) in [6.07, 6.45) is 0. The van der Waals surface area contributed by atoms with E-state index in [2.05, 4.69) is 247 Å². The van der Waals surface area contributed by atoms with Crippen LogP contribution in [0.4, 0.5) is 0 Å². The van der Waals surface area contributed by atoms with Gasteiger partial charge in [0.1, 0.15) is 23.0 Å². The topological polar surface area (TPSA) is 23.4 Å². The highest BCUT2D eigenvalue weighted by Gasteiger charge is 2.45. The van der Waals surface area contributed by atoms with Crippen molar-refractivity contribution in [3.63, 3.8) is 0 Å². The second-order valence-corrected chi connectivity index (χ2v) is 20.9. The van der Waals surface area contributed by atoms with E-state index in [-0.39, 0.29) is 6.71 Å². The maximum atomic E-state index is 7.30. The van der Waals surface area contributed by atoms with Gasteiger partial charge in [-0.2, -0.15) is 0 Å². The third-order valence-electron chi connectivity index (χ3n) is 13.7. The maximum Gasteiger partial charge on any atom is 0.260 e. The zero-order valence-electron chi connectivity index (χ0n) is 35.4. The van der Waals surface area contributed by atoms with Crippen molar-refractivity contribution >= 4 is 73.7 Å². The molecule has 0 saturated heterocycles. The summed E-state index contributed by atoms with van der Waals surface area (Å²) in [5.41, 5.74) is 10.8. The SMILES string of the molecule is c1ccc(-c2c3c4c(c(-c5ccccc5)c2-n2c5ccccc5c5cc([Si](c6ccccc6)(c6ccccc6)c6ccccc6)ccc52)Oc2ccccc2B4c2ccccc2O3)cc1. The quantitative estimate of drug-likeness (QED) is 0.118. The van der Waals surface area contributed by atoms with Crippen molar-refractivity contribution in [2.24, 2.45) is 0 Å². The number of ether oxygens (including phenoxy) is 2. The molecule has 1 aromatic heterocycles. The Labute approximate surface area is 379 Å². The number of aromatic nitrogens is 1. The highest BCUT2D eigenvalue weighted by molar-refractivity contribution is 7.20. The third kappa shape index (κ3) is 5.62. The molecule has 0 saturated carbocycles. The molecule has 2 aliphatic rings. The molecular formula is C60H40BNO2Si. The Morgan fingerprint density at radius 3 is 1.28 bits per heavy atom. The lowest BCUT2D eigenvalue weighted by Gasteiger charge is -2.37. The zero-order valence-corrected chi connectivity index (χ0v) is 36.4. The number of fused-ring (bicyclic) bond motifs is 7. The van der Waals surface area contributed by atoms with Crippen LogP contribution in [0.3, 0.4) is 0 Å². The smallest absolute Gasteiger partial charge is 0.260 e. The molecule has 304 valence electrons. The average Bonchev–Trinajstić information content (AvgIpc) is 3.71. The standard InChI is InChI=1S/C60H40BNO2Si/c1-6-22-41(23-7-1)55-58(56(42-24-8-2-9-25-42)60-57-59(55)63-53-36-20-17-33-49(53)61(57)50-34-18-21-37-54(50)64-60)62-51-35-19-16-32-47(51)48-40-46(38-39-52(48)62)65(43-26-10-3-11-27-43,44-28-12-4-13-29-44)45-30-14-5-15-31-45/h1-40H. The molecule has 2 aliphatic heterocycles. The van der Waals surface area contributed by atoms with E-state index in [1.807, 2.05) is 0 Å². The largest absolute Gasteiger partial charge is 0.458 e. The van der Waals surface area contributed by atoms with Gasteiger partial charge < -0.3 is 14.0 Å². The molecule has 0 N–H and O–H groups in total. The van der Waals surface area contributed by atoms with Gasteiger partial charge in [-0.15, -0.1) is 0 Å². The fourth-order valence-corrected chi connectivity index (χ4v) is 15.8. The van der Waals surface area contributed by atoms with Gasteiger partial charge in [-0.3, -0.25) is 0 Å². The van der Waals surface area contributed by atoms with Crippen LogP contribution in [0.2, 0.25) is 0 Å². The van der Waals surface area contributed by atoms with Gasteiger partial charge in [-0.25, -0.2) is 0 Å². The minimum Gasteiger partial charge on any atom is -0.458 e. The molecule has 0 unspecified atom stereocenters. The van der Waals surface area contributed by atoms with Gasteiger partial charge in [-0.05, 0) is 67.1 Å². The van der Waals surface area contributed by atoms with E-state index < -0.39 is 8.07 Å². The molecule has 0 radical (unpaired) electrons. The Morgan fingerprint density at radius 2 is 0.769 bits per heavy atom. The highest BCUT2D eigenvalue weighted by Crippen LogP contribution is 2.52. The van der Waals surface area contributed by atoms with Gasteiger partial charge in [0, 0.05) is 27.4 Å². The first-order chi connectivity index (χ1) is 32.3. The third-order valence-corrected chi connectivity index (χ3v) is 18.4. The first-order valence-electron chi connectivity index (χ1n) is 22.4. The van der Waals surface area contributed by atoms with Crippen LogP contribution in [0.1, 0.15) is 0 Å². The summed E-state index contributed by atoms with van der Waals surface area (Å²) in [7, 11) is -2.85. The van der Waals surface area contributed by atoms with E-state index >= 15 is 0 Å². The van der Waals surface area contributed by atoms with Gasteiger partial charge in [0.25, 0.3) is 6.71 Å². The normalized spacial score (nSPS) is 12.5. The van der Waals surface area contributed by atoms with Crippen molar-refractivity contribution in [3.8, 4) is 50.9 Å². The van der Waals surface area contributed by atoms with Gasteiger partial charge in [-0.1, -0.05) is 218 Å². The van der Waals surface area contributed by atoms with Crippen LogP contribution in [0, 0.1) is 0 Å². The maximum absolute atomic E-state index is 7.30. The minimum atomic E-state index is -2.85. The van der Waals surface area contributed by atoms with Gasteiger partial charge in [0.15, 0.2) is 8.07 Å². The van der Waals surface area contributed by atoms with Crippen molar-refractivity contribution in [3.05, 3.63) is 243 Å². The highest BCUT2D eigenvalue weighted by atomic mass is 28.3. The lowest BCUT2D eigenvalue weighted by Crippen LogP contribution is -2.74. The second kappa shape index (κ2) is 15.0. The molecule has 0 fully saturated rings. The monoisotopic (exact) mass is 845 g/mol. The van der Waals surface area contributed by atoms with Crippen molar-refractivity contribution in [2.75, 3.05) is 0 Å². The molecule has 0 bridgehead atoms. The molecule has 0 aliphatic carbocycles. The summed E-state index contributed by atoms with van der Waals surface area (Å²) in [5.74, 6) is 3.37. The summed E-state index contributed by atoms with van der Waals surface area (Å²) in [4.78, 5) is 0. The summed E-state index contributed by atoms with van der Waals surface area (Å²) >= 11 is 0. The number of hydrogen-bond donors (Lipinski definition) is 0. The Bertz CT molecular complexity index is 3380. The molecule has 3 heterocycles. The van der Waals surface area contributed by atoms with E-state index in [0.717, 1.165) is 78.4 Å². The van der Waals surface area contributed by atoms with Gasteiger partial charge >= 0.3 is 0 Å². The Morgan fingerprint density at radius 1 is 0.354 bits per heavy atom. The average molecular weight is 846 g/mol. The number of hydrogen-bond acceptors (Lipinski definition) is 2. The van der Waals surface area contributed by atoms with Crippen LogP contribution in [-0.2, 0) is 0 Å². The Hall–Kier alpha value is -8.12. The lowest BCUT2D eigenvalue weighted by atomic mass is 9.34. The number of para-hydroxylation sites is 3. The molecule has 3 nitrogen and oxygen atoms in total. The number of rotatable bonds is 7. The van der Waals surface area contributed by atoms with Crippen LogP contribution in [0.5, 0.6) is 23.0 Å². The Kier molecular flexibility index (Phi) is 8.65. The van der Waals surface area contributed by atoms with E-state index in [9.17, 15) is 0 Å². The van der Waals surface area contributed by atoms with E-state index in [0.29, 0.717) is 0 Å². The number of nitrogens with zero attached hydrogens (tertiary/aromatic N) is 1. The van der Waals surface area contributed by atoms with Crippen molar-refractivity contribution < 1.29 is 9.47 Å². The number of benzene rings is 10. The van der Waals surface area contributed by atoms with Crippen molar-refractivity contribution in [1.82, 2.24) is 4.57 Å². The molecule has 11 aromatic rings. The first kappa shape index (κ1) is 37.4. The molecule has 0 spiro atoms. The summed E-state index contributed by atoms with van der Waals surface area (Å²) in [6, 6.07) is 88.4. The molecule has 0 amide bonds. The van der Waals surface area contributed by atoms with Crippen molar-refractivity contribution in [1.29, 1.82) is 0 Å². The Balaban J connectivity index is 1.19. The minimum absolute atomic E-state index is 0.0957. The van der Waals surface area contributed by atoms with Crippen LogP contribution >= 0.6 is 0 Å². The zero-order chi connectivity index (χ0) is 42.9. The molecule has 65 heavy (non-hydrogen) atoms. The van der Waals surface area contributed by atoms with Crippen LogP contribution in [0.25, 0.3) is 49.7 Å². The lowest BCUT2D eigenvalue weighted by molar-refractivity contribution is 0.466. The van der Waals surface area contributed by atoms with Crippen LogP contribution in [0.15, 0.2) is 243 Å². The van der Waals surface area contributed by atoms with Crippen LogP contribution in [-0.4, -0.2) is 19.4 Å². The predicted octanol–water partition coefficient (Wildman–Crippen LogP) is 10.2. The second-order valence-electron chi connectivity index (χ2n) is 17.0. The fraction of sp³-hybridized carbons (Fsp3) is 0. The van der Waals surface area contributed by atoms with Gasteiger partial charge in [0.05, 0.1) is 16.7 Å². The first-order valence-corrected chi connectivity index (χ1v) is 24.4. The van der Waals surface area contributed by atoms with Crippen LogP contribution < -0.4 is 46.6 Å². The van der Waals surface area contributed by atoms with E-state index in [4.69, 9.17) is 9.47 Å². The molecular weight excluding hydrogens is 806 g/mol. The summed E-state index contributed by atoms with van der Waals surface area (Å²) in [6.45, 7) is -0.0957. The van der Waals surface area contributed by atoms with Crippen molar-refractivity contribution in [2.45, 2.75) is 0 Å². The predicted molar refractivity (Wildman–Crippen MR) is 273 cm³/mol. The summed E-state index contributed by atoms with van der Waals surface area (Å²) < 4.78 is 17.1. The summed E-state index contributed by atoms with van der Waals surface area (Å²) in [5, 5.41) is 7.73. The fourth-order valence-electron chi connectivity index (χ4n) is 11.0. The van der Waals surface area contributed by atoms with Gasteiger partial charge in [0.2, 0.25) is 0 Å². The molecule has 0 atom stereocenters. The molecule has 10 aromatic carbocycles. The van der Waals surface area contributed by atoms with E-state index in [1.165, 1.54) is 31.5 Å². The molecule has 13 rings (SSSR count).